The first-order valence-corrected chi connectivity index (χ1v) is 10.2. The van der Waals surface area contributed by atoms with Crippen LogP contribution in [0.1, 0.15) is 59.7 Å². The molecule has 7 heteroatoms. The van der Waals surface area contributed by atoms with Gasteiger partial charge in [0.05, 0.1) is 19.1 Å². The minimum Gasteiger partial charge on any atom is -0.497 e. The molecule has 3 heterocycles. The highest BCUT2D eigenvalue weighted by Crippen LogP contribution is 2.37. The van der Waals surface area contributed by atoms with E-state index in [1.165, 1.54) is 19.3 Å². The zero-order chi connectivity index (χ0) is 19.1. The van der Waals surface area contributed by atoms with Crippen LogP contribution in [0.15, 0.2) is 28.8 Å². The van der Waals surface area contributed by atoms with E-state index in [1.54, 1.807) is 19.2 Å². The van der Waals surface area contributed by atoms with E-state index < -0.39 is 0 Å². The third kappa shape index (κ3) is 3.39. The Kier molecular flexibility index (Phi) is 4.55. The molecule has 7 nitrogen and oxygen atoms in total. The van der Waals surface area contributed by atoms with Gasteiger partial charge in [0.1, 0.15) is 5.75 Å². The summed E-state index contributed by atoms with van der Waals surface area (Å²) in [6, 6.07) is 7.50. The Bertz CT molecular complexity index is 840. The van der Waals surface area contributed by atoms with E-state index in [-0.39, 0.29) is 17.9 Å². The number of aromatic nitrogens is 2. The van der Waals surface area contributed by atoms with E-state index in [9.17, 15) is 4.79 Å². The third-order valence-electron chi connectivity index (χ3n) is 6.17. The predicted molar refractivity (Wildman–Crippen MR) is 102 cm³/mol. The van der Waals surface area contributed by atoms with Crippen molar-refractivity contribution >= 4 is 5.91 Å². The molecule has 2 aliphatic heterocycles. The highest BCUT2D eigenvalue weighted by molar-refractivity contribution is 5.95. The number of likely N-dealkylation sites (tertiary alicyclic amines) is 2. The van der Waals surface area contributed by atoms with Gasteiger partial charge >= 0.3 is 0 Å². The Hall–Kier alpha value is -2.41. The molecular weight excluding hydrogens is 356 g/mol. The SMILES string of the molecule is COc1ccc(C(=O)N2CC(c3noc(C4CCCN4CC4CC4)n3)C2)cc1. The Balaban J connectivity index is 1.19. The molecule has 0 radical (unpaired) electrons. The summed E-state index contributed by atoms with van der Waals surface area (Å²) < 4.78 is 10.8. The normalized spacial score (nSPS) is 23.0. The Morgan fingerprint density at radius 1 is 1.21 bits per heavy atom. The molecule has 28 heavy (non-hydrogen) atoms. The summed E-state index contributed by atoms with van der Waals surface area (Å²) in [5.41, 5.74) is 0.676. The molecule has 0 bridgehead atoms. The van der Waals surface area contributed by atoms with Gasteiger partial charge in [-0.1, -0.05) is 5.16 Å². The first-order chi connectivity index (χ1) is 13.7. The van der Waals surface area contributed by atoms with Crippen LogP contribution in [0.25, 0.3) is 0 Å². The van der Waals surface area contributed by atoms with E-state index in [4.69, 9.17) is 14.2 Å². The van der Waals surface area contributed by atoms with Gasteiger partial charge < -0.3 is 14.2 Å². The van der Waals surface area contributed by atoms with Crippen LogP contribution in [0, 0.1) is 5.92 Å². The first kappa shape index (κ1) is 17.7. The van der Waals surface area contributed by atoms with E-state index >= 15 is 0 Å². The van der Waals surface area contributed by atoms with Gasteiger partial charge in [0.25, 0.3) is 5.91 Å². The summed E-state index contributed by atoms with van der Waals surface area (Å²) in [6.07, 6.45) is 5.01. The highest BCUT2D eigenvalue weighted by atomic mass is 16.5. The van der Waals surface area contributed by atoms with E-state index in [1.807, 2.05) is 17.0 Å². The lowest BCUT2D eigenvalue weighted by Gasteiger charge is -2.37. The van der Waals surface area contributed by atoms with E-state index in [2.05, 4.69) is 10.1 Å². The number of carbonyl (C=O) groups excluding carboxylic acids is 1. The number of hydrogen-bond donors (Lipinski definition) is 0. The summed E-state index contributed by atoms with van der Waals surface area (Å²) in [5.74, 6) is 3.32. The molecule has 1 atom stereocenters. The maximum atomic E-state index is 12.6. The fraction of sp³-hybridized carbons (Fsp3) is 0.571. The van der Waals surface area contributed by atoms with Crippen molar-refractivity contribution in [2.45, 2.75) is 37.6 Å². The second-order valence-corrected chi connectivity index (χ2v) is 8.22. The average molecular weight is 382 g/mol. The maximum absolute atomic E-state index is 12.6. The number of nitrogens with zero attached hydrogens (tertiary/aromatic N) is 4. The topological polar surface area (TPSA) is 71.7 Å². The van der Waals surface area contributed by atoms with Crippen molar-refractivity contribution in [2.75, 3.05) is 33.3 Å². The van der Waals surface area contributed by atoms with Crippen LogP contribution in [-0.4, -0.2) is 59.1 Å². The zero-order valence-corrected chi connectivity index (χ0v) is 16.2. The fourth-order valence-corrected chi connectivity index (χ4v) is 4.23. The molecule has 1 amide bonds. The van der Waals surface area contributed by atoms with Crippen LogP contribution in [0.2, 0.25) is 0 Å². The van der Waals surface area contributed by atoms with Crippen molar-refractivity contribution in [3.63, 3.8) is 0 Å². The highest BCUT2D eigenvalue weighted by Gasteiger charge is 2.38. The number of rotatable bonds is 6. The summed E-state index contributed by atoms with van der Waals surface area (Å²) in [4.78, 5) is 21.6. The van der Waals surface area contributed by atoms with Gasteiger partial charge in [0.2, 0.25) is 5.89 Å². The molecular formula is C21H26N4O3. The van der Waals surface area contributed by atoms with Crippen molar-refractivity contribution < 1.29 is 14.1 Å². The molecule has 148 valence electrons. The van der Waals surface area contributed by atoms with Gasteiger partial charge in [0.15, 0.2) is 5.82 Å². The fourth-order valence-electron chi connectivity index (χ4n) is 4.23. The Morgan fingerprint density at radius 2 is 2.00 bits per heavy atom. The van der Waals surface area contributed by atoms with Crippen LogP contribution in [0.4, 0.5) is 0 Å². The Morgan fingerprint density at radius 3 is 2.71 bits per heavy atom. The van der Waals surface area contributed by atoms with Crippen molar-refractivity contribution in [2.24, 2.45) is 5.92 Å². The second-order valence-electron chi connectivity index (χ2n) is 8.22. The van der Waals surface area contributed by atoms with Gasteiger partial charge in [0, 0.05) is 25.2 Å². The molecule has 3 fully saturated rings. The van der Waals surface area contributed by atoms with Crippen molar-refractivity contribution in [1.82, 2.24) is 19.9 Å². The van der Waals surface area contributed by atoms with Crippen LogP contribution in [0.5, 0.6) is 5.75 Å². The average Bonchev–Trinajstić information content (AvgIpc) is 3.17. The molecule has 2 aromatic rings. The molecule has 0 N–H and O–H groups in total. The van der Waals surface area contributed by atoms with Crippen molar-refractivity contribution in [3.05, 3.63) is 41.5 Å². The molecule has 1 unspecified atom stereocenters. The molecule has 1 saturated carbocycles. The van der Waals surface area contributed by atoms with E-state index in [0.29, 0.717) is 18.7 Å². The number of benzene rings is 1. The largest absolute Gasteiger partial charge is 0.497 e. The van der Waals surface area contributed by atoms with Gasteiger partial charge in [-0.05, 0) is 62.4 Å². The monoisotopic (exact) mass is 382 g/mol. The Labute approximate surface area is 164 Å². The van der Waals surface area contributed by atoms with Gasteiger partial charge in [-0.15, -0.1) is 0 Å². The lowest BCUT2D eigenvalue weighted by Crippen LogP contribution is -2.48. The molecule has 1 aliphatic carbocycles. The number of carbonyl (C=O) groups is 1. The van der Waals surface area contributed by atoms with Crippen LogP contribution in [0.3, 0.4) is 0 Å². The standard InChI is InChI=1S/C21H26N4O3/c1-27-17-8-6-15(7-9-17)21(26)25-12-16(13-25)19-22-20(28-23-19)18-3-2-10-24(18)11-14-4-5-14/h6-9,14,16,18H,2-5,10-13H2,1H3. The van der Waals surface area contributed by atoms with Crippen molar-refractivity contribution in [3.8, 4) is 5.75 Å². The molecule has 0 spiro atoms. The molecule has 5 rings (SSSR count). The quantitative estimate of drug-likeness (QED) is 0.765. The summed E-state index contributed by atoms with van der Waals surface area (Å²) in [5, 5.41) is 4.23. The minimum absolute atomic E-state index is 0.0361. The number of methoxy groups -OCH3 is 1. The van der Waals surface area contributed by atoms with Crippen LogP contribution in [-0.2, 0) is 0 Å². The molecule has 1 aromatic heterocycles. The van der Waals surface area contributed by atoms with Gasteiger partial charge in [-0.3, -0.25) is 9.69 Å². The lowest BCUT2D eigenvalue weighted by molar-refractivity contribution is 0.0592. The van der Waals surface area contributed by atoms with Crippen LogP contribution < -0.4 is 4.74 Å². The smallest absolute Gasteiger partial charge is 0.253 e. The summed E-state index contributed by atoms with van der Waals surface area (Å²) in [6.45, 7) is 3.57. The first-order valence-electron chi connectivity index (χ1n) is 10.2. The van der Waals surface area contributed by atoms with Gasteiger partial charge in [-0.2, -0.15) is 4.98 Å². The number of amides is 1. The zero-order valence-electron chi connectivity index (χ0n) is 16.2. The number of ether oxygens (including phenoxy) is 1. The molecule has 1 aromatic carbocycles. The van der Waals surface area contributed by atoms with Crippen LogP contribution >= 0.6 is 0 Å². The number of hydrogen-bond acceptors (Lipinski definition) is 6. The lowest BCUT2D eigenvalue weighted by atomic mass is 9.98. The summed E-state index contributed by atoms with van der Waals surface area (Å²) >= 11 is 0. The second kappa shape index (κ2) is 7.20. The molecule has 2 saturated heterocycles. The van der Waals surface area contributed by atoms with Gasteiger partial charge in [-0.25, -0.2) is 0 Å². The van der Waals surface area contributed by atoms with Crippen molar-refractivity contribution in [1.29, 1.82) is 0 Å². The third-order valence-corrected chi connectivity index (χ3v) is 6.17. The van der Waals surface area contributed by atoms with E-state index in [0.717, 1.165) is 42.9 Å². The molecule has 3 aliphatic rings. The summed E-state index contributed by atoms with van der Waals surface area (Å²) in [7, 11) is 1.62. The maximum Gasteiger partial charge on any atom is 0.253 e. The minimum atomic E-state index is 0.0361. The predicted octanol–water partition coefficient (Wildman–Crippen LogP) is 2.86.